The van der Waals surface area contributed by atoms with Gasteiger partial charge in [-0.1, -0.05) is 282 Å². The quantitative estimate of drug-likeness (QED) is 0.0363. The van der Waals surface area contributed by atoms with Crippen LogP contribution in [-0.2, 0) is 4.79 Å². The van der Waals surface area contributed by atoms with Crippen molar-refractivity contribution in [3.63, 3.8) is 0 Å². The summed E-state index contributed by atoms with van der Waals surface area (Å²) in [5.74, 6) is -0.507. The molecule has 4 N–H and O–H groups in total. The van der Waals surface area contributed by atoms with Crippen LogP contribution in [0.5, 0.6) is 0 Å². The zero-order chi connectivity index (χ0) is 43.0. The highest BCUT2D eigenvalue weighted by Gasteiger charge is 2.22. The first-order valence-corrected chi connectivity index (χ1v) is 26.7. The minimum Gasteiger partial charge on any atom is -0.394 e. The van der Waals surface area contributed by atoms with Gasteiger partial charge in [0.1, 0.15) is 6.10 Å². The highest BCUT2D eigenvalue weighted by molar-refractivity contribution is 5.80. The van der Waals surface area contributed by atoms with Gasteiger partial charge in [0, 0.05) is 0 Å². The first kappa shape index (κ1) is 57.8. The first-order valence-electron chi connectivity index (χ1n) is 26.7. The van der Waals surface area contributed by atoms with Gasteiger partial charge in [-0.2, -0.15) is 0 Å². The van der Waals surface area contributed by atoms with E-state index in [1.807, 2.05) is 6.08 Å². The topological polar surface area (TPSA) is 89.8 Å². The first-order chi connectivity index (χ1) is 29.1. The van der Waals surface area contributed by atoms with Gasteiger partial charge in [0.05, 0.1) is 18.8 Å². The highest BCUT2D eigenvalue weighted by atomic mass is 16.3. The van der Waals surface area contributed by atoms with Gasteiger partial charge < -0.3 is 20.6 Å². The monoisotopic (exact) mass is 832 g/mol. The molecule has 0 aromatic carbocycles. The fourth-order valence-electron chi connectivity index (χ4n) is 8.38. The van der Waals surface area contributed by atoms with Gasteiger partial charge >= 0.3 is 0 Å². The number of hydrogen-bond donors (Lipinski definition) is 4. The van der Waals surface area contributed by atoms with Crippen LogP contribution in [0.2, 0.25) is 0 Å². The van der Waals surface area contributed by atoms with Crippen molar-refractivity contribution >= 4 is 5.91 Å². The van der Waals surface area contributed by atoms with E-state index in [4.69, 9.17) is 0 Å². The van der Waals surface area contributed by atoms with Gasteiger partial charge in [-0.15, -0.1) is 0 Å². The molecule has 0 radical (unpaired) electrons. The Balaban J connectivity index is 3.57. The maximum Gasteiger partial charge on any atom is 0.249 e. The second-order valence-electron chi connectivity index (χ2n) is 18.4. The van der Waals surface area contributed by atoms with E-state index >= 15 is 0 Å². The van der Waals surface area contributed by atoms with Crippen molar-refractivity contribution in [2.24, 2.45) is 0 Å². The van der Waals surface area contributed by atoms with Crippen LogP contribution >= 0.6 is 0 Å². The van der Waals surface area contributed by atoms with Gasteiger partial charge in [-0.3, -0.25) is 4.79 Å². The van der Waals surface area contributed by atoms with Crippen LogP contribution in [-0.4, -0.2) is 46.1 Å². The summed E-state index contributed by atoms with van der Waals surface area (Å²) in [6.45, 7) is 4.20. The molecule has 1 amide bonds. The molecule has 3 unspecified atom stereocenters. The number of carbonyl (C=O) groups excluding carboxylic acids is 1. The average molecular weight is 832 g/mol. The third-order valence-corrected chi connectivity index (χ3v) is 12.5. The minimum absolute atomic E-state index is 0.373. The van der Waals surface area contributed by atoms with Crippen LogP contribution < -0.4 is 5.32 Å². The number of allylic oxidation sites excluding steroid dienone is 3. The molecule has 59 heavy (non-hydrogen) atoms. The molecule has 0 aromatic heterocycles. The maximum absolute atomic E-state index is 12.5. The Morgan fingerprint density at radius 3 is 1.03 bits per heavy atom. The fourth-order valence-corrected chi connectivity index (χ4v) is 8.38. The Bertz CT molecular complexity index is 874. The molecular formula is C54H105NO4. The largest absolute Gasteiger partial charge is 0.394 e. The molecule has 350 valence electrons. The number of rotatable bonds is 49. The summed E-state index contributed by atoms with van der Waals surface area (Å²) in [4.78, 5) is 12.5. The summed E-state index contributed by atoms with van der Waals surface area (Å²) in [5.41, 5.74) is 0. The fraction of sp³-hybridized carbons (Fsp3) is 0.907. The van der Waals surface area contributed by atoms with Gasteiger partial charge in [0.15, 0.2) is 0 Å². The molecule has 0 saturated carbocycles. The molecule has 5 nitrogen and oxygen atoms in total. The van der Waals surface area contributed by atoms with Crippen LogP contribution in [0.15, 0.2) is 24.3 Å². The smallest absolute Gasteiger partial charge is 0.249 e. The lowest BCUT2D eigenvalue weighted by molar-refractivity contribution is -0.131. The number of aliphatic hydroxyl groups excluding tert-OH is 3. The molecular weight excluding hydrogens is 727 g/mol. The van der Waals surface area contributed by atoms with Gasteiger partial charge in [-0.25, -0.2) is 0 Å². The molecule has 0 fully saturated rings. The summed E-state index contributed by atoms with van der Waals surface area (Å²) in [7, 11) is 0. The van der Waals surface area contributed by atoms with Crippen molar-refractivity contribution in [2.75, 3.05) is 6.61 Å². The molecule has 3 atom stereocenters. The van der Waals surface area contributed by atoms with E-state index in [1.54, 1.807) is 6.08 Å². The molecule has 0 spiro atoms. The lowest BCUT2D eigenvalue weighted by atomic mass is 10.0. The Morgan fingerprint density at radius 1 is 0.407 bits per heavy atom. The summed E-state index contributed by atoms with van der Waals surface area (Å²) < 4.78 is 0. The maximum atomic E-state index is 12.5. The molecule has 0 bridgehead atoms. The molecule has 0 rings (SSSR count). The standard InChI is InChI=1S/C54H105NO4/c1-3-5-7-9-11-13-15-17-19-21-23-24-25-26-27-28-29-30-31-33-35-37-39-41-43-45-47-49-53(58)54(59)55-51(50-56)52(57)48-46-44-42-40-38-36-34-32-22-20-18-16-14-12-10-8-6-4-2/h38,40,46,48,51-53,56-58H,3-37,39,41-45,47,49-50H2,1-2H3,(H,55,59)/b40-38+,48-46+. The predicted molar refractivity (Wildman–Crippen MR) is 259 cm³/mol. The van der Waals surface area contributed by atoms with E-state index in [0.717, 1.165) is 38.5 Å². The lowest BCUT2D eigenvalue weighted by Crippen LogP contribution is -2.48. The molecule has 0 aliphatic rings. The van der Waals surface area contributed by atoms with Crippen molar-refractivity contribution in [3.8, 4) is 0 Å². The van der Waals surface area contributed by atoms with Crippen molar-refractivity contribution in [1.29, 1.82) is 0 Å². The normalized spacial score (nSPS) is 13.5. The van der Waals surface area contributed by atoms with Crippen molar-refractivity contribution in [2.45, 2.75) is 308 Å². The molecule has 5 heteroatoms. The van der Waals surface area contributed by atoms with E-state index in [2.05, 4.69) is 31.3 Å². The van der Waals surface area contributed by atoms with E-state index in [1.165, 1.54) is 231 Å². The summed E-state index contributed by atoms with van der Waals surface area (Å²) in [6.07, 6.45) is 62.5. The van der Waals surface area contributed by atoms with E-state index < -0.39 is 24.2 Å². The third kappa shape index (κ3) is 44.7. The summed E-state index contributed by atoms with van der Waals surface area (Å²) >= 11 is 0. The third-order valence-electron chi connectivity index (χ3n) is 12.5. The zero-order valence-corrected chi connectivity index (χ0v) is 39.9. The van der Waals surface area contributed by atoms with Gasteiger partial charge in [-0.05, 0) is 32.1 Å². The van der Waals surface area contributed by atoms with Gasteiger partial charge in [0.25, 0.3) is 0 Å². The van der Waals surface area contributed by atoms with Crippen molar-refractivity contribution in [1.82, 2.24) is 5.32 Å². The van der Waals surface area contributed by atoms with Crippen molar-refractivity contribution in [3.05, 3.63) is 24.3 Å². The Labute approximate surface area is 369 Å². The van der Waals surface area contributed by atoms with Crippen LogP contribution in [0.4, 0.5) is 0 Å². The van der Waals surface area contributed by atoms with Crippen molar-refractivity contribution < 1.29 is 20.1 Å². The Kier molecular flexibility index (Phi) is 48.5. The molecule has 0 aromatic rings. The van der Waals surface area contributed by atoms with Gasteiger partial charge in [0.2, 0.25) is 5.91 Å². The number of amides is 1. The predicted octanol–water partition coefficient (Wildman–Crippen LogP) is 16.1. The Hall–Kier alpha value is -1.17. The van der Waals surface area contributed by atoms with E-state index in [-0.39, 0.29) is 6.61 Å². The lowest BCUT2D eigenvalue weighted by Gasteiger charge is -2.21. The number of aliphatic hydroxyl groups is 3. The number of hydrogen-bond acceptors (Lipinski definition) is 4. The number of carbonyl (C=O) groups is 1. The molecule has 0 saturated heterocycles. The molecule has 0 aliphatic carbocycles. The number of unbranched alkanes of at least 4 members (excludes halogenated alkanes) is 39. The van der Waals surface area contributed by atoms with Crippen LogP contribution in [0.3, 0.4) is 0 Å². The molecule has 0 heterocycles. The van der Waals surface area contributed by atoms with E-state index in [0.29, 0.717) is 6.42 Å². The van der Waals surface area contributed by atoms with E-state index in [9.17, 15) is 20.1 Å². The molecule has 0 aliphatic heterocycles. The second kappa shape index (κ2) is 49.5. The number of nitrogens with one attached hydrogen (secondary N) is 1. The second-order valence-corrected chi connectivity index (χ2v) is 18.4. The summed E-state index contributed by atoms with van der Waals surface area (Å²) in [5, 5.41) is 33.3. The SMILES string of the molecule is CCCCCCCCCCCCCC/C=C/CC/C=C/C(O)C(CO)NC(=O)C(O)CCCCCCCCCCCCCCCCCCCCCCCCCCCCC. The zero-order valence-electron chi connectivity index (χ0n) is 39.9. The van der Waals surface area contributed by atoms with Crippen LogP contribution in [0, 0.1) is 0 Å². The van der Waals surface area contributed by atoms with Crippen LogP contribution in [0.1, 0.15) is 290 Å². The van der Waals surface area contributed by atoms with Crippen LogP contribution in [0.25, 0.3) is 0 Å². The average Bonchev–Trinajstić information content (AvgIpc) is 3.24. The Morgan fingerprint density at radius 2 is 0.695 bits per heavy atom. The minimum atomic E-state index is -1.10. The highest BCUT2D eigenvalue weighted by Crippen LogP contribution is 2.17. The summed E-state index contributed by atoms with van der Waals surface area (Å²) in [6, 6.07) is -0.812.